The number of carbonyl (C=O) groups excluding carboxylic acids is 6. The average Bonchev–Trinajstić information content (AvgIpc) is 3.15. The Bertz CT molecular complexity index is 1600. The normalized spacial score (nSPS) is 14.3. The Balaban J connectivity index is 2.81. The van der Waals surface area contributed by atoms with Crippen LogP contribution in [0.2, 0.25) is 0 Å². The van der Waals surface area contributed by atoms with E-state index in [1.165, 1.54) is 6.08 Å². The molecular weight excluding hydrogens is 696 g/mol. The smallest absolute Gasteiger partial charge is 0.341 e. The number of ketones is 3. The molecule has 0 radical (unpaired) electrons. The van der Waals surface area contributed by atoms with E-state index in [2.05, 4.69) is 26.3 Å². The minimum Gasteiger partial charge on any atom is -0.462 e. The van der Waals surface area contributed by atoms with Gasteiger partial charge < -0.3 is 28.4 Å². The number of Topliss-reactive ketones (excluding diaryl/α,β-unsaturated/α-hetero) is 3. The van der Waals surface area contributed by atoms with Crippen LogP contribution in [-0.4, -0.2) is 78.5 Å². The summed E-state index contributed by atoms with van der Waals surface area (Å²) in [6.07, 6.45) is 1.65. The van der Waals surface area contributed by atoms with E-state index in [1.807, 2.05) is 0 Å². The first-order valence-electron chi connectivity index (χ1n) is 17.8. The van der Waals surface area contributed by atoms with E-state index in [0.29, 0.717) is 12.2 Å². The van der Waals surface area contributed by atoms with Crippen molar-refractivity contribution in [3.63, 3.8) is 0 Å². The zero-order valence-electron chi connectivity index (χ0n) is 33.6. The first-order valence-corrected chi connectivity index (χ1v) is 17.8. The largest absolute Gasteiger partial charge is 0.462 e. The van der Waals surface area contributed by atoms with Gasteiger partial charge in [-0.15, -0.1) is 6.58 Å². The van der Waals surface area contributed by atoms with Gasteiger partial charge in [0.2, 0.25) is 11.6 Å². The summed E-state index contributed by atoms with van der Waals surface area (Å²) in [5, 5.41) is 0. The molecule has 0 saturated heterocycles. The van der Waals surface area contributed by atoms with E-state index in [9.17, 15) is 28.8 Å². The first-order chi connectivity index (χ1) is 25.0. The van der Waals surface area contributed by atoms with Gasteiger partial charge in [-0.3, -0.25) is 14.4 Å². The Labute approximate surface area is 319 Å². The van der Waals surface area contributed by atoms with E-state index in [1.54, 1.807) is 93.5 Å². The predicted octanol–water partition coefficient (Wildman–Crippen LogP) is 6.34. The third-order valence-electron chi connectivity index (χ3n) is 9.35. The maximum Gasteiger partial charge on any atom is 0.341 e. The summed E-state index contributed by atoms with van der Waals surface area (Å²) in [6, 6.07) is 7.00. The van der Waals surface area contributed by atoms with Crippen molar-refractivity contribution in [2.45, 2.75) is 106 Å². The minimum atomic E-state index is -1.40. The van der Waals surface area contributed by atoms with E-state index in [0.717, 1.165) is 5.56 Å². The summed E-state index contributed by atoms with van der Waals surface area (Å²) in [4.78, 5) is 76.6. The molecule has 0 N–H and O–H groups in total. The molecule has 12 nitrogen and oxygen atoms in total. The van der Waals surface area contributed by atoms with Crippen molar-refractivity contribution in [1.82, 2.24) is 0 Å². The van der Waals surface area contributed by atoms with Gasteiger partial charge in [0, 0.05) is 12.5 Å². The first kappa shape index (κ1) is 47.5. The Kier molecular flexibility index (Phi) is 17.8. The van der Waals surface area contributed by atoms with Crippen molar-refractivity contribution in [3.8, 4) is 0 Å². The number of benzene rings is 1. The van der Waals surface area contributed by atoms with Gasteiger partial charge in [0.1, 0.15) is 17.8 Å². The SMILES string of the molecule is C=CC(C)(C(=O)C(=C)C(=O)OCC(C)COC(C)(CC)C(=O)C(=C)C(=O)OCC)C(C)(C)OCc1ccc(COC(=O)C(=C)C(=O)C(C)(C)OCC)cc1. The molecule has 3 atom stereocenters. The van der Waals surface area contributed by atoms with Crippen LogP contribution in [0.3, 0.4) is 0 Å². The molecule has 12 heteroatoms. The molecule has 0 heterocycles. The number of carbonyl (C=O) groups is 6. The van der Waals surface area contributed by atoms with Crippen molar-refractivity contribution in [2.24, 2.45) is 11.3 Å². The van der Waals surface area contributed by atoms with Crippen LogP contribution in [0.25, 0.3) is 0 Å². The topological polar surface area (TPSA) is 158 Å². The Hall–Kier alpha value is -4.52. The van der Waals surface area contributed by atoms with E-state index in [-0.39, 0.29) is 50.6 Å². The fourth-order valence-electron chi connectivity index (χ4n) is 4.92. The number of hydrogen-bond donors (Lipinski definition) is 0. The van der Waals surface area contributed by atoms with Crippen molar-refractivity contribution in [2.75, 3.05) is 26.4 Å². The summed E-state index contributed by atoms with van der Waals surface area (Å²) >= 11 is 0. The number of ether oxygens (including phenoxy) is 6. The fraction of sp³-hybridized carbons (Fsp3) is 0.524. The zero-order valence-corrected chi connectivity index (χ0v) is 33.6. The second kappa shape index (κ2) is 20.2. The van der Waals surface area contributed by atoms with Crippen molar-refractivity contribution >= 4 is 35.3 Å². The maximum atomic E-state index is 13.7. The minimum absolute atomic E-state index is 0.00146. The van der Waals surface area contributed by atoms with E-state index < -0.39 is 69.0 Å². The van der Waals surface area contributed by atoms with Crippen LogP contribution in [0.15, 0.2) is 73.4 Å². The Morgan fingerprint density at radius 2 is 1.11 bits per heavy atom. The van der Waals surface area contributed by atoms with Gasteiger partial charge in [-0.2, -0.15) is 0 Å². The lowest BCUT2D eigenvalue weighted by Gasteiger charge is -2.40. The molecule has 0 saturated carbocycles. The van der Waals surface area contributed by atoms with Gasteiger partial charge in [-0.25, -0.2) is 14.4 Å². The molecule has 0 aliphatic carbocycles. The third-order valence-corrected chi connectivity index (χ3v) is 9.35. The molecule has 3 unspecified atom stereocenters. The highest BCUT2D eigenvalue weighted by molar-refractivity contribution is 6.21. The number of hydrogen-bond acceptors (Lipinski definition) is 12. The lowest BCUT2D eigenvalue weighted by atomic mass is 9.70. The average molecular weight is 755 g/mol. The highest BCUT2D eigenvalue weighted by atomic mass is 16.5. The standard InChI is InChI=1S/C42H58O12/c1-15-41(13,34(44)29(7)38(48)50-23-27(5)24-54-42(14,16-2)35(45)30(8)36(46)49-17-3)40(11,12)53-26-32-21-19-31(20-22-32)25-51-37(47)28(6)33(43)39(9,10)52-18-4/h15,19-22,27H,1,6-8,16-18,23-26H2,2-5,9-14H3. The number of rotatable bonds is 25. The molecular formula is C42H58O12. The fourth-order valence-corrected chi connectivity index (χ4v) is 4.92. The molecule has 1 aromatic rings. The molecule has 0 aromatic heterocycles. The lowest BCUT2D eigenvalue weighted by Crippen LogP contribution is -2.49. The van der Waals surface area contributed by atoms with Gasteiger partial charge in [-0.05, 0) is 72.9 Å². The molecule has 0 fully saturated rings. The van der Waals surface area contributed by atoms with Crippen LogP contribution in [0.5, 0.6) is 0 Å². The highest BCUT2D eigenvalue weighted by Crippen LogP contribution is 2.39. The van der Waals surface area contributed by atoms with E-state index >= 15 is 0 Å². The van der Waals surface area contributed by atoms with Gasteiger partial charge in [-0.1, -0.05) is 63.9 Å². The van der Waals surface area contributed by atoms with Crippen LogP contribution < -0.4 is 0 Å². The summed E-state index contributed by atoms with van der Waals surface area (Å²) in [5.41, 5.74) is -4.73. The molecule has 0 bridgehead atoms. The van der Waals surface area contributed by atoms with E-state index in [4.69, 9.17) is 28.4 Å². The summed E-state index contributed by atoms with van der Waals surface area (Å²) in [5.74, 6) is -4.77. The summed E-state index contributed by atoms with van der Waals surface area (Å²) in [7, 11) is 0. The molecule has 0 aliphatic heterocycles. The highest BCUT2D eigenvalue weighted by Gasteiger charge is 2.48. The molecule has 0 aliphatic rings. The molecule has 54 heavy (non-hydrogen) atoms. The van der Waals surface area contributed by atoms with Crippen LogP contribution in [0.1, 0.15) is 86.8 Å². The number of esters is 3. The van der Waals surface area contributed by atoms with Gasteiger partial charge in [0.05, 0.1) is 54.2 Å². The predicted molar refractivity (Wildman–Crippen MR) is 203 cm³/mol. The van der Waals surface area contributed by atoms with Gasteiger partial charge in [0.25, 0.3) is 0 Å². The van der Waals surface area contributed by atoms with Crippen LogP contribution in [0, 0.1) is 11.3 Å². The quantitative estimate of drug-likeness (QED) is 0.0273. The summed E-state index contributed by atoms with van der Waals surface area (Å²) in [6.45, 7) is 31.4. The lowest BCUT2D eigenvalue weighted by molar-refractivity contribution is -0.152. The maximum absolute atomic E-state index is 13.7. The second-order valence-corrected chi connectivity index (χ2v) is 14.3. The van der Waals surface area contributed by atoms with Crippen molar-refractivity contribution in [1.29, 1.82) is 0 Å². The zero-order chi connectivity index (χ0) is 41.7. The van der Waals surface area contributed by atoms with Gasteiger partial charge in [0.15, 0.2) is 5.78 Å². The second-order valence-electron chi connectivity index (χ2n) is 14.3. The molecule has 1 aromatic carbocycles. The van der Waals surface area contributed by atoms with Crippen molar-refractivity contribution in [3.05, 3.63) is 84.5 Å². The van der Waals surface area contributed by atoms with Crippen molar-refractivity contribution < 1.29 is 57.2 Å². The molecule has 1 rings (SSSR count). The monoisotopic (exact) mass is 754 g/mol. The Morgan fingerprint density at radius 1 is 0.630 bits per heavy atom. The third kappa shape index (κ3) is 12.3. The Morgan fingerprint density at radius 3 is 1.61 bits per heavy atom. The van der Waals surface area contributed by atoms with Crippen LogP contribution in [-0.2, 0) is 70.4 Å². The summed E-state index contributed by atoms with van der Waals surface area (Å²) < 4.78 is 33.0. The molecule has 0 amide bonds. The van der Waals surface area contributed by atoms with Gasteiger partial charge >= 0.3 is 17.9 Å². The molecule has 0 spiro atoms. The molecule has 298 valence electrons. The van der Waals surface area contributed by atoms with Crippen LogP contribution in [0.4, 0.5) is 0 Å². The van der Waals surface area contributed by atoms with Crippen LogP contribution >= 0.6 is 0 Å².